The average Bonchev–Trinajstić information content (AvgIpc) is 2.44. The van der Waals surface area contributed by atoms with E-state index < -0.39 is 11.4 Å². The third kappa shape index (κ3) is 1.54. The molecular formula is C11H19NO2. The zero-order valence-corrected chi connectivity index (χ0v) is 8.99. The number of likely N-dealkylation sites (tertiary alicyclic amines) is 1. The van der Waals surface area contributed by atoms with Crippen molar-refractivity contribution in [2.45, 2.75) is 39.2 Å². The van der Waals surface area contributed by atoms with Crippen molar-refractivity contribution in [1.29, 1.82) is 0 Å². The van der Waals surface area contributed by atoms with Gasteiger partial charge in [-0.1, -0.05) is 6.92 Å². The van der Waals surface area contributed by atoms with Gasteiger partial charge in [0, 0.05) is 12.6 Å². The molecule has 0 aromatic carbocycles. The van der Waals surface area contributed by atoms with Crippen molar-refractivity contribution in [3.8, 4) is 0 Å². The minimum Gasteiger partial charge on any atom is -0.481 e. The molecular weight excluding hydrogens is 178 g/mol. The second-order valence-electron chi connectivity index (χ2n) is 5.32. The van der Waals surface area contributed by atoms with E-state index in [2.05, 4.69) is 11.8 Å². The van der Waals surface area contributed by atoms with Crippen LogP contribution >= 0.6 is 0 Å². The summed E-state index contributed by atoms with van der Waals surface area (Å²) in [6.45, 7) is 5.86. The molecule has 0 bridgehead atoms. The van der Waals surface area contributed by atoms with Crippen molar-refractivity contribution in [1.82, 2.24) is 4.90 Å². The van der Waals surface area contributed by atoms with Crippen LogP contribution in [-0.2, 0) is 4.79 Å². The third-order valence-electron chi connectivity index (χ3n) is 3.88. The lowest BCUT2D eigenvalue weighted by Crippen LogP contribution is -2.44. The van der Waals surface area contributed by atoms with E-state index in [0.717, 1.165) is 25.4 Å². The molecule has 3 heteroatoms. The molecule has 0 spiro atoms. The standard InChI is InChI=1S/C11H19NO2/c1-8-5-9(6-8)12-4-3-11(2,7-12)10(13)14/h8-9H,3-7H2,1-2H3,(H,13,14). The van der Waals surface area contributed by atoms with Crippen LogP contribution in [0.25, 0.3) is 0 Å². The summed E-state index contributed by atoms with van der Waals surface area (Å²) in [5.41, 5.74) is -0.487. The Morgan fingerprint density at radius 2 is 2.14 bits per heavy atom. The van der Waals surface area contributed by atoms with Gasteiger partial charge in [0.25, 0.3) is 0 Å². The molecule has 0 radical (unpaired) electrons. The first kappa shape index (κ1) is 9.97. The lowest BCUT2D eigenvalue weighted by Gasteiger charge is -2.40. The molecule has 2 rings (SSSR count). The SMILES string of the molecule is CC1CC(N2CCC(C)(C(=O)O)C2)C1. The summed E-state index contributed by atoms with van der Waals surface area (Å²) in [4.78, 5) is 13.4. The minimum atomic E-state index is -0.632. The normalized spacial score (nSPS) is 43.6. The van der Waals surface area contributed by atoms with E-state index in [1.165, 1.54) is 12.8 Å². The maximum atomic E-state index is 11.0. The summed E-state index contributed by atoms with van der Waals surface area (Å²) in [7, 11) is 0. The lowest BCUT2D eigenvalue weighted by molar-refractivity contribution is -0.147. The highest BCUT2D eigenvalue weighted by atomic mass is 16.4. The van der Waals surface area contributed by atoms with Gasteiger partial charge >= 0.3 is 5.97 Å². The molecule has 3 nitrogen and oxygen atoms in total. The molecule has 1 N–H and O–H groups in total. The average molecular weight is 197 g/mol. The second-order valence-corrected chi connectivity index (χ2v) is 5.32. The van der Waals surface area contributed by atoms with Crippen molar-refractivity contribution in [2.24, 2.45) is 11.3 Å². The van der Waals surface area contributed by atoms with Crippen molar-refractivity contribution >= 4 is 5.97 Å². The van der Waals surface area contributed by atoms with E-state index in [9.17, 15) is 4.79 Å². The van der Waals surface area contributed by atoms with Gasteiger partial charge in [-0.05, 0) is 38.6 Å². The Hall–Kier alpha value is -0.570. The topological polar surface area (TPSA) is 40.5 Å². The molecule has 1 heterocycles. The van der Waals surface area contributed by atoms with Gasteiger partial charge in [0.2, 0.25) is 0 Å². The number of carboxylic acids is 1. The van der Waals surface area contributed by atoms with Gasteiger partial charge in [-0.2, -0.15) is 0 Å². The largest absolute Gasteiger partial charge is 0.481 e. The Morgan fingerprint density at radius 3 is 2.57 bits per heavy atom. The molecule has 0 aromatic heterocycles. The quantitative estimate of drug-likeness (QED) is 0.730. The predicted octanol–water partition coefficient (Wildman–Crippen LogP) is 1.58. The number of aliphatic carboxylic acids is 1. The highest BCUT2D eigenvalue weighted by Crippen LogP contribution is 2.38. The summed E-state index contributed by atoms with van der Waals surface area (Å²) >= 11 is 0. The monoisotopic (exact) mass is 197 g/mol. The molecule has 2 fully saturated rings. The fourth-order valence-electron chi connectivity index (χ4n) is 2.64. The predicted molar refractivity (Wildman–Crippen MR) is 54.1 cm³/mol. The fourth-order valence-corrected chi connectivity index (χ4v) is 2.64. The Labute approximate surface area is 85.1 Å². The summed E-state index contributed by atoms with van der Waals surface area (Å²) in [6.07, 6.45) is 3.33. The zero-order chi connectivity index (χ0) is 10.3. The number of rotatable bonds is 2. The van der Waals surface area contributed by atoms with E-state index in [4.69, 9.17) is 5.11 Å². The smallest absolute Gasteiger partial charge is 0.310 e. The van der Waals surface area contributed by atoms with E-state index in [-0.39, 0.29) is 0 Å². The molecule has 2 aliphatic rings. The molecule has 1 atom stereocenters. The maximum absolute atomic E-state index is 11.0. The van der Waals surface area contributed by atoms with Crippen molar-refractivity contribution in [2.75, 3.05) is 13.1 Å². The first-order valence-corrected chi connectivity index (χ1v) is 5.49. The van der Waals surface area contributed by atoms with E-state index in [0.29, 0.717) is 6.04 Å². The highest BCUT2D eigenvalue weighted by Gasteiger charge is 2.44. The molecule has 1 unspecified atom stereocenters. The van der Waals surface area contributed by atoms with Crippen LogP contribution in [0.5, 0.6) is 0 Å². The van der Waals surface area contributed by atoms with Crippen LogP contribution < -0.4 is 0 Å². The highest BCUT2D eigenvalue weighted by molar-refractivity contribution is 5.74. The van der Waals surface area contributed by atoms with Gasteiger partial charge in [-0.3, -0.25) is 9.69 Å². The first-order valence-electron chi connectivity index (χ1n) is 5.49. The Balaban J connectivity index is 1.92. The van der Waals surface area contributed by atoms with E-state index >= 15 is 0 Å². The Kier molecular flexibility index (Phi) is 2.30. The molecule has 14 heavy (non-hydrogen) atoms. The van der Waals surface area contributed by atoms with Crippen LogP contribution in [0.2, 0.25) is 0 Å². The van der Waals surface area contributed by atoms with E-state index in [1.54, 1.807) is 0 Å². The van der Waals surface area contributed by atoms with Crippen LogP contribution in [0.4, 0.5) is 0 Å². The Morgan fingerprint density at radius 1 is 1.50 bits per heavy atom. The molecule has 0 amide bonds. The van der Waals surface area contributed by atoms with Gasteiger partial charge in [-0.25, -0.2) is 0 Å². The summed E-state index contributed by atoms with van der Waals surface area (Å²) in [5, 5.41) is 9.09. The molecule has 1 saturated heterocycles. The van der Waals surface area contributed by atoms with Gasteiger partial charge in [0.1, 0.15) is 0 Å². The van der Waals surface area contributed by atoms with Gasteiger partial charge in [0.15, 0.2) is 0 Å². The molecule has 0 aromatic rings. The van der Waals surface area contributed by atoms with Crippen molar-refractivity contribution < 1.29 is 9.90 Å². The Bertz CT molecular complexity index is 248. The summed E-state index contributed by atoms with van der Waals surface area (Å²) < 4.78 is 0. The van der Waals surface area contributed by atoms with Crippen molar-refractivity contribution in [3.63, 3.8) is 0 Å². The number of hydrogen-bond acceptors (Lipinski definition) is 2. The van der Waals surface area contributed by atoms with Crippen LogP contribution in [0.1, 0.15) is 33.1 Å². The van der Waals surface area contributed by atoms with Gasteiger partial charge < -0.3 is 5.11 Å². The minimum absolute atomic E-state index is 0.487. The molecule has 1 aliphatic heterocycles. The summed E-state index contributed by atoms with van der Waals surface area (Å²) in [6, 6.07) is 0.672. The molecule has 1 aliphatic carbocycles. The third-order valence-corrected chi connectivity index (χ3v) is 3.88. The van der Waals surface area contributed by atoms with E-state index in [1.807, 2.05) is 6.92 Å². The van der Waals surface area contributed by atoms with Crippen LogP contribution in [0.15, 0.2) is 0 Å². The lowest BCUT2D eigenvalue weighted by atomic mass is 9.81. The van der Waals surface area contributed by atoms with Crippen LogP contribution in [0.3, 0.4) is 0 Å². The zero-order valence-electron chi connectivity index (χ0n) is 8.99. The first-order chi connectivity index (χ1) is 6.51. The fraction of sp³-hybridized carbons (Fsp3) is 0.909. The van der Waals surface area contributed by atoms with Gasteiger partial charge in [0.05, 0.1) is 5.41 Å². The summed E-state index contributed by atoms with van der Waals surface area (Å²) in [5.74, 6) is 0.212. The molecule has 80 valence electrons. The number of nitrogens with zero attached hydrogens (tertiary/aromatic N) is 1. The van der Waals surface area contributed by atoms with Crippen LogP contribution in [0, 0.1) is 11.3 Å². The van der Waals surface area contributed by atoms with Gasteiger partial charge in [-0.15, -0.1) is 0 Å². The number of carboxylic acid groups (broad SMARTS) is 1. The number of carbonyl (C=O) groups is 1. The number of hydrogen-bond donors (Lipinski definition) is 1. The molecule has 1 saturated carbocycles. The van der Waals surface area contributed by atoms with Crippen LogP contribution in [-0.4, -0.2) is 35.1 Å². The van der Waals surface area contributed by atoms with Crippen molar-refractivity contribution in [3.05, 3.63) is 0 Å². The maximum Gasteiger partial charge on any atom is 0.310 e. The second kappa shape index (κ2) is 3.23.